The maximum Gasteiger partial charge on any atom is 0.219 e. The summed E-state index contributed by atoms with van der Waals surface area (Å²) in [7, 11) is 0. The van der Waals surface area contributed by atoms with Gasteiger partial charge < -0.3 is 10.3 Å². The quantitative estimate of drug-likeness (QED) is 0.466. The van der Waals surface area contributed by atoms with Gasteiger partial charge in [0.05, 0.1) is 22.8 Å². The summed E-state index contributed by atoms with van der Waals surface area (Å²) >= 11 is 0. The fourth-order valence-corrected chi connectivity index (χ4v) is 3.70. The number of anilines is 1. The third kappa shape index (κ3) is 3.35. The van der Waals surface area contributed by atoms with Crippen molar-refractivity contribution in [3.63, 3.8) is 0 Å². The SMILES string of the molecule is CC(C)(C)n1c(-c2cc(F)cnc2-n2cncn2)nc2cc(-c3cnc(N)nc3)ccc21. The van der Waals surface area contributed by atoms with Gasteiger partial charge in [0.2, 0.25) is 5.95 Å². The lowest BCUT2D eigenvalue weighted by molar-refractivity contribution is 0.413. The first-order chi connectivity index (χ1) is 15.3. The van der Waals surface area contributed by atoms with Crippen molar-refractivity contribution in [2.75, 3.05) is 5.73 Å². The normalized spacial score (nSPS) is 11.9. The van der Waals surface area contributed by atoms with Crippen LogP contribution < -0.4 is 5.73 Å². The highest BCUT2D eigenvalue weighted by atomic mass is 19.1. The first kappa shape index (κ1) is 19.7. The van der Waals surface area contributed by atoms with Crippen LogP contribution in [0.3, 0.4) is 0 Å². The number of benzene rings is 1. The van der Waals surface area contributed by atoms with E-state index in [0.717, 1.165) is 28.4 Å². The van der Waals surface area contributed by atoms with Crippen LogP contribution in [0, 0.1) is 5.82 Å². The zero-order valence-electron chi connectivity index (χ0n) is 17.7. The summed E-state index contributed by atoms with van der Waals surface area (Å²) in [4.78, 5) is 21.3. The second-order valence-electron chi connectivity index (χ2n) is 8.34. The van der Waals surface area contributed by atoms with Gasteiger partial charge in [-0.05, 0) is 44.5 Å². The lowest BCUT2D eigenvalue weighted by Crippen LogP contribution is -2.23. The summed E-state index contributed by atoms with van der Waals surface area (Å²) in [6.45, 7) is 6.21. The van der Waals surface area contributed by atoms with E-state index in [1.807, 2.05) is 18.2 Å². The molecular formula is C22H20FN9. The molecule has 4 heterocycles. The monoisotopic (exact) mass is 429 g/mol. The molecule has 9 nitrogen and oxygen atoms in total. The second-order valence-corrected chi connectivity index (χ2v) is 8.34. The number of hydrogen-bond donors (Lipinski definition) is 1. The lowest BCUT2D eigenvalue weighted by atomic mass is 10.1. The minimum Gasteiger partial charge on any atom is -0.368 e. The van der Waals surface area contributed by atoms with Crippen LogP contribution in [0.25, 0.3) is 39.4 Å². The van der Waals surface area contributed by atoms with Gasteiger partial charge in [-0.2, -0.15) is 5.10 Å². The maximum atomic E-state index is 14.3. The average molecular weight is 429 g/mol. The van der Waals surface area contributed by atoms with Crippen LogP contribution in [-0.2, 0) is 5.54 Å². The molecule has 0 bridgehead atoms. The van der Waals surface area contributed by atoms with Crippen LogP contribution >= 0.6 is 0 Å². The Bertz CT molecular complexity index is 1410. The van der Waals surface area contributed by atoms with Gasteiger partial charge in [-0.15, -0.1) is 0 Å². The minimum absolute atomic E-state index is 0.216. The molecule has 10 heteroatoms. The van der Waals surface area contributed by atoms with E-state index in [1.54, 1.807) is 12.4 Å². The molecule has 0 atom stereocenters. The molecule has 0 saturated carbocycles. The third-order valence-electron chi connectivity index (χ3n) is 5.04. The van der Waals surface area contributed by atoms with Crippen molar-refractivity contribution < 1.29 is 4.39 Å². The van der Waals surface area contributed by atoms with Gasteiger partial charge in [-0.25, -0.2) is 34.0 Å². The Kier molecular flexibility index (Phi) is 4.43. The summed E-state index contributed by atoms with van der Waals surface area (Å²) < 4.78 is 17.9. The van der Waals surface area contributed by atoms with Crippen LogP contribution in [0.1, 0.15) is 20.8 Å². The Morgan fingerprint density at radius 2 is 1.75 bits per heavy atom. The molecule has 0 spiro atoms. The van der Waals surface area contributed by atoms with Crippen molar-refractivity contribution in [3.8, 4) is 28.3 Å². The van der Waals surface area contributed by atoms with Gasteiger partial charge >= 0.3 is 0 Å². The Morgan fingerprint density at radius 3 is 2.44 bits per heavy atom. The van der Waals surface area contributed by atoms with Gasteiger partial charge in [0.25, 0.3) is 0 Å². The number of imidazole rings is 1. The Labute approximate surface area is 182 Å². The molecule has 0 fully saturated rings. The largest absolute Gasteiger partial charge is 0.368 e. The van der Waals surface area contributed by atoms with E-state index in [2.05, 4.69) is 50.4 Å². The van der Waals surface area contributed by atoms with Crippen LogP contribution in [0.2, 0.25) is 0 Å². The summed E-state index contributed by atoms with van der Waals surface area (Å²) in [6, 6.07) is 7.34. The molecule has 4 aromatic heterocycles. The maximum absolute atomic E-state index is 14.3. The zero-order valence-corrected chi connectivity index (χ0v) is 17.7. The molecular weight excluding hydrogens is 409 g/mol. The Balaban J connectivity index is 1.77. The van der Waals surface area contributed by atoms with Gasteiger partial charge in [0.1, 0.15) is 24.3 Å². The standard InChI is InChI=1S/C22H20FN9/c1-22(2,3)32-18-5-4-13(14-8-27-21(24)28-9-14)6-17(18)30-20(32)16-7-15(23)10-26-19(16)31-12-25-11-29-31/h4-12H,1-3H3,(H2,24,27,28). The molecule has 1 aromatic carbocycles. The Morgan fingerprint density at radius 1 is 0.969 bits per heavy atom. The Hall–Kier alpha value is -4.21. The zero-order chi connectivity index (χ0) is 22.5. The van der Waals surface area contributed by atoms with Crippen molar-refractivity contribution in [2.45, 2.75) is 26.3 Å². The molecule has 5 rings (SSSR count). The van der Waals surface area contributed by atoms with Crippen molar-refractivity contribution in [3.05, 3.63) is 61.3 Å². The van der Waals surface area contributed by atoms with Crippen LogP contribution in [-0.4, -0.2) is 39.3 Å². The number of aromatic nitrogens is 8. The predicted octanol–water partition coefficient (Wildman–Crippen LogP) is 3.61. The van der Waals surface area contributed by atoms with E-state index in [1.165, 1.54) is 23.4 Å². The molecule has 0 amide bonds. The van der Waals surface area contributed by atoms with Crippen LogP contribution in [0.4, 0.5) is 10.3 Å². The number of hydrogen-bond acceptors (Lipinski definition) is 7. The summed E-state index contributed by atoms with van der Waals surface area (Å²) in [5.74, 6) is 0.775. The molecule has 2 N–H and O–H groups in total. The first-order valence-electron chi connectivity index (χ1n) is 9.93. The third-order valence-corrected chi connectivity index (χ3v) is 5.04. The van der Waals surface area contributed by atoms with E-state index in [9.17, 15) is 4.39 Å². The van der Waals surface area contributed by atoms with Crippen molar-refractivity contribution in [1.82, 2.24) is 39.3 Å². The summed E-state index contributed by atoms with van der Waals surface area (Å²) in [6.07, 6.45) is 7.42. The van der Waals surface area contributed by atoms with E-state index in [-0.39, 0.29) is 11.5 Å². The number of rotatable bonds is 3. The predicted molar refractivity (Wildman–Crippen MR) is 118 cm³/mol. The van der Waals surface area contributed by atoms with Crippen molar-refractivity contribution in [1.29, 1.82) is 0 Å². The summed E-state index contributed by atoms with van der Waals surface area (Å²) in [5, 5.41) is 4.17. The van der Waals surface area contributed by atoms with Crippen molar-refractivity contribution in [2.24, 2.45) is 0 Å². The molecule has 0 radical (unpaired) electrons. The summed E-state index contributed by atoms with van der Waals surface area (Å²) in [5.41, 5.74) is 9.15. The highest BCUT2D eigenvalue weighted by Crippen LogP contribution is 2.35. The number of nitrogen functional groups attached to an aromatic ring is 1. The molecule has 0 aliphatic carbocycles. The number of nitrogens with two attached hydrogens (primary N) is 1. The molecule has 32 heavy (non-hydrogen) atoms. The molecule has 5 aromatic rings. The molecule has 0 unspecified atom stereocenters. The number of halogens is 1. The molecule has 0 aliphatic rings. The van der Waals surface area contributed by atoms with Gasteiger partial charge in [0, 0.05) is 23.5 Å². The van der Waals surface area contributed by atoms with Crippen LogP contribution in [0.15, 0.2) is 55.5 Å². The number of pyridine rings is 1. The van der Waals surface area contributed by atoms with Gasteiger partial charge in [-0.1, -0.05) is 6.07 Å². The highest BCUT2D eigenvalue weighted by Gasteiger charge is 2.25. The van der Waals surface area contributed by atoms with E-state index in [0.29, 0.717) is 17.2 Å². The number of fused-ring (bicyclic) bond motifs is 1. The van der Waals surface area contributed by atoms with E-state index >= 15 is 0 Å². The molecule has 160 valence electrons. The second kappa shape index (κ2) is 7.19. The van der Waals surface area contributed by atoms with E-state index in [4.69, 9.17) is 10.7 Å². The molecule has 0 aliphatic heterocycles. The van der Waals surface area contributed by atoms with Crippen molar-refractivity contribution >= 4 is 17.0 Å². The molecule has 0 saturated heterocycles. The van der Waals surface area contributed by atoms with Gasteiger partial charge in [-0.3, -0.25) is 0 Å². The fraction of sp³-hybridized carbons (Fsp3) is 0.182. The number of nitrogens with zero attached hydrogens (tertiary/aromatic N) is 8. The minimum atomic E-state index is -0.462. The fourth-order valence-electron chi connectivity index (χ4n) is 3.70. The van der Waals surface area contributed by atoms with Gasteiger partial charge in [0.15, 0.2) is 5.82 Å². The smallest absolute Gasteiger partial charge is 0.219 e. The average Bonchev–Trinajstić information content (AvgIpc) is 3.41. The first-order valence-corrected chi connectivity index (χ1v) is 9.93. The van der Waals surface area contributed by atoms with E-state index < -0.39 is 5.82 Å². The topological polar surface area (TPSA) is 113 Å². The highest BCUT2D eigenvalue weighted by molar-refractivity contribution is 5.86. The lowest BCUT2D eigenvalue weighted by Gasteiger charge is -2.25. The van der Waals surface area contributed by atoms with Crippen LogP contribution in [0.5, 0.6) is 0 Å².